The van der Waals surface area contributed by atoms with E-state index in [0.717, 1.165) is 17.4 Å². The average Bonchev–Trinajstić information content (AvgIpc) is 2.36. The minimum atomic E-state index is 0.183. The van der Waals surface area contributed by atoms with Crippen LogP contribution in [0.25, 0.3) is 6.08 Å². The Morgan fingerprint density at radius 3 is 2.61 bits per heavy atom. The Labute approximate surface area is 108 Å². The van der Waals surface area contributed by atoms with Gasteiger partial charge in [0.1, 0.15) is 6.29 Å². The molecule has 18 heavy (non-hydrogen) atoms. The zero-order chi connectivity index (χ0) is 13.5. The molecule has 0 fully saturated rings. The summed E-state index contributed by atoms with van der Waals surface area (Å²) < 4.78 is 10.9. The molecule has 0 bridgehead atoms. The predicted molar refractivity (Wildman–Crippen MR) is 73.0 cm³/mol. The molecule has 0 N–H and O–H groups in total. The molecule has 0 radical (unpaired) electrons. The largest absolute Gasteiger partial charge is 0.492 e. The van der Waals surface area contributed by atoms with Gasteiger partial charge >= 0.3 is 0 Å². The van der Waals surface area contributed by atoms with Crippen LogP contribution in [0.1, 0.15) is 26.3 Å². The van der Waals surface area contributed by atoms with Crippen LogP contribution in [-0.2, 0) is 4.79 Å². The number of ether oxygens (including phenoxy) is 2. The van der Waals surface area contributed by atoms with Gasteiger partial charge in [0.05, 0.1) is 13.7 Å². The van der Waals surface area contributed by atoms with Crippen molar-refractivity contribution in [3.8, 4) is 11.5 Å². The first kappa shape index (κ1) is 14.3. The molecular weight excluding hydrogens is 228 g/mol. The molecule has 1 aromatic carbocycles. The second-order valence-electron chi connectivity index (χ2n) is 4.23. The minimum Gasteiger partial charge on any atom is -0.492 e. The predicted octanol–water partition coefficient (Wildman–Crippen LogP) is 3.33. The Hall–Kier alpha value is -1.77. The number of aldehydes is 1. The van der Waals surface area contributed by atoms with Gasteiger partial charge in [-0.1, -0.05) is 26.0 Å². The number of carbonyl (C=O) groups excluding carboxylic acids is 1. The number of hydrogen-bond acceptors (Lipinski definition) is 3. The van der Waals surface area contributed by atoms with Gasteiger partial charge in [0.2, 0.25) is 0 Å². The molecule has 0 aromatic heterocycles. The molecule has 0 heterocycles. The fraction of sp³-hybridized carbons (Fsp3) is 0.400. The van der Waals surface area contributed by atoms with E-state index in [9.17, 15) is 4.79 Å². The molecule has 1 rings (SSSR count). The van der Waals surface area contributed by atoms with Crippen LogP contribution in [0.3, 0.4) is 0 Å². The molecule has 3 heteroatoms. The van der Waals surface area contributed by atoms with Crippen molar-refractivity contribution in [2.75, 3.05) is 13.7 Å². The van der Waals surface area contributed by atoms with Gasteiger partial charge in [0.15, 0.2) is 11.5 Å². The standard InChI is InChI=1S/C15H20O3/c1-5-18-14-8-6-7-12(15(14)17-4)9-13(10-16)11(2)3/h6-11H,5H2,1-4H3. The smallest absolute Gasteiger partial charge is 0.167 e. The van der Waals surface area contributed by atoms with Crippen LogP contribution in [0.5, 0.6) is 11.5 Å². The van der Waals surface area contributed by atoms with E-state index in [2.05, 4.69) is 0 Å². The molecule has 3 nitrogen and oxygen atoms in total. The van der Waals surface area contributed by atoms with Gasteiger partial charge in [-0.25, -0.2) is 0 Å². The van der Waals surface area contributed by atoms with E-state index in [1.54, 1.807) is 7.11 Å². The van der Waals surface area contributed by atoms with Gasteiger partial charge in [0.25, 0.3) is 0 Å². The van der Waals surface area contributed by atoms with Crippen molar-refractivity contribution in [2.45, 2.75) is 20.8 Å². The van der Waals surface area contributed by atoms with Crippen LogP contribution >= 0.6 is 0 Å². The number of benzene rings is 1. The number of methoxy groups -OCH3 is 1. The van der Waals surface area contributed by atoms with Crippen molar-refractivity contribution >= 4 is 12.4 Å². The van der Waals surface area contributed by atoms with Crippen molar-refractivity contribution in [1.82, 2.24) is 0 Å². The first-order valence-corrected chi connectivity index (χ1v) is 6.10. The maximum absolute atomic E-state index is 11.0. The van der Waals surface area contributed by atoms with E-state index >= 15 is 0 Å². The average molecular weight is 248 g/mol. The van der Waals surface area contributed by atoms with Crippen LogP contribution in [0.15, 0.2) is 23.8 Å². The summed E-state index contributed by atoms with van der Waals surface area (Å²) in [5.41, 5.74) is 1.60. The van der Waals surface area contributed by atoms with Gasteiger partial charge in [-0.05, 0) is 30.6 Å². The van der Waals surface area contributed by atoms with Crippen LogP contribution < -0.4 is 9.47 Å². The monoisotopic (exact) mass is 248 g/mol. The summed E-state index contributed by atoms with van der Waals surface area (Å²) in [5, 5.41) is 0. The lowest BCUT2D eigenvalue weighted by Crippen LogP contribution is -1.99. The third-order valence-electron chi connectivity index (χ3n) is 2.64. The van der Waals surface area contributed by atoms with Crippen molar-refractivity contribution in [3.05, 3.63) is 29.3 Å². The first-order chi connectivity index (χ1) is 8.63. The number of hydrogen-bond donors (Lipinski definition) is 0. The summed E-state index contributed by atoms with van der Waals surface area (Å²) >= 11 is 0. The van der Waals surface area contributed by atoms with Gasteiger partial charge in [-0.3, -0.25) is 4.79 Å². The van der Waals surface area contributed by atoms with Crippen LogP contribution in [0, 0.1) is 5.92 Å². The summed E-state index contributed by atoms with van der Waals surface area (Å²) in [6.07, 6.45) is 2.73. The molecule has 0 saturated carbocycles. The van der Waals surface area contributed by atoms with E-state index in [1.807, 2.05) is 45.0 Å². The molecule has 0 aliphatic heterocycles. The maximum Gasteiger partial charge on any atom is 0.167 e. The summed E-state index contributed by atoms with van der Waals surface area (Å²) in [6, 6.07) is 5.66. The van der Waals surface area contributed by atoms with Crippen LogP contribution in [0.2, 0.25) is 0 Å². The summed E-state index contributed by atoms with van der Waals surface area (Å²) in [5.74, 6) is 1.55. The highest BCUT2D eigenvalue weighted by Crippen LogP contribution is 2.32. The third kappa shape index (κ3) is 3.36. The molecule has 1 aromatic rings. The Bertz CT molecular complexity index is 433. The molecular formula is C15H20O3. The molecule has 0 atom stereocenters. The van der Waals surface area contributed by atoms with Crippen LogP contribution in [0.4, 0.5) is 0 Å². The van der Waals surface area contributed by atoms with Gasteiger partial charge in [-0.2, -0.15) is 0 Å². The van der Waals surface area contributed by atoms with Crippen molar-refractivity contribution < 1.29 is 14.3 Å². The molecule has 0 aliphatic carbocycles. The summed E-state index contributed by atoms with van der Waals surface area (Å²) in [4.78, 5) is 11.0. The lowest BCUT2D eigenvalue weighted by Gasteiger charge is -2.12. The molecule has 0 amide bonds. The summed E-state index contributed by atoms with van der Waals surface area (Å²) in [7, 11) is 1.60. The second kappa shape index (κ2) is 6.84. The highest BCUT2D eigenvalue weighted by molar-refractivity contribution is 5.83. The Morgan fingerprint density at radius 2 is 2.11 bits per heavy atom. The number of carbonyl (C=O) groups is 1. The molecule has 0 aliphatic rings. The van der Waals surface area contributed by atoms with Crippen molar-refractivity contribution in [2.24, 2.45) is 5.92 Å². The zero-order valence-corrected chi connectivity index (χ0v) is 11.4. The summed E-state index contributed by atoms with van der Waals surface area (Å²) in [6.45, 7) is 6.47. The molecule has 0 spiro atoms. The van der Waals surface area contributed by atoms with Gasteiger partial charge in [-0.15, -0.1) is 0 Å². The molecule has 98 valence electrons. The molecule has 0 saturated heterocycles. The number of rotatable bonds is 6. The number of para-hydroxylation sites is 1. The normalized spacial score (nSPS) is 11.5. The lowest BCUT2D eigenvalue weighted by molar-refractivity contribution is -0.105. The Balaban J connectivity index is 3.23. The quantitative estimate of drug-likeness (QED) is 0.572. The van der Waals surface area contributed by atoms with E-state index in [1.165, 1.54) is 0 Å². The number of allylic oxidation sites excluding steroid dienone is 1. The van der Waals surface area contributed by atoms with E-state index < -0.39 is 0 Å². The van der Waals surface area contributed by atoms with Crippen molar-refractivity contribution in [1.29, 1.82) is 0 Å². The minimum absolute atomic E-state index is 0.183. The Morgan fingerprint density at radius 1 is 1.39 bits per heavy atom. The van der Waals surface area contributed by atoms with Gasteiger partial charge in [0, 0.05) is 5.56 Å². The first-order valence-electron chi connectivity index (χ1n) is 6.10. The van der Waals surface area contributed by atoms with E-state index in [-0.39, 0.29) is 5.92 Å². The maximum atomic E-state index is 11.0. The molecule has 0 unspecified atom stereocenters. The second-order valence-corrected chi connectivity index (χ2v) is 4.23. The zero-order valence-electron chi connectivity index (χ0n) is 11.4. The fourth-order valence-corrected chi connectivity index (χ4v) is 1.65. The Kier molecular flexibility index (Phi) is 5.43. The van der Waals surface area contributed by atoms with Crippen LogP contribution in [-0.4, -0.2) is 20.0 Å². The highest BCUT2D eigenvalue weighted by atomic mass is 16.5. The van der Waals surface area contributed by atoms with E-state index in [4.69, 9.17) is 9.47 Å². The van der Waals surface area contributed by atoms with Gasteiger partial charge < -0.3 is 9.47 Å². The topological polar surface area (TPSA) is 35.5 Å². The fourth-order valence-electron chi connectivity index (χ4n) is 1.65. The third-order valence-corrected chi connectivity index (χ3v) is 2.64. The van der Waals surface area contributed by atoms with Crippen molar-refractivity contribution in [3.63, 3.8) is 0 Å². The lowest BCUT2D eigenvalue weighted by atomic mass is 10.0. The highest BCUT2D eigenvalue weighted by Gasteiger charge is 2.10. The van der Waals surface area contributed by atoms with E-state index in [0.29, 0.717) is 18.1 Å². The SMILES string of the molecule is CCOc1cccc(C=C(C=O)C(C)C)c1OC.